The van der Waals surface area contributed by atoms with Crippen LogP contribution in [0.4, 0.5) is 5.82 Å². The maximum absolute atomic E-state index is 12.4. The van der Waals surface area contributed by atoms with Crippen molar-refractivity contribution in [2.24, 2.45) is 5.92 Å². The van der Waals surface area contributed by atoms with Gasteiger partial charge in [-0.3, -0.25) is 4.79 Å². The van der Waals surface area contributed by atoms with Crippen molar-refractivity contribution in [2.45, 2.75) is 32.4 Å². The van der Waals surface area contributed by atoms with Gasteiger partial charge in [0.15, 0.2) is 0 Å². The van der Waals surface area contributed by atoms with Crippen LogP contribution in [-0.2, 0) is 9.59 Å². The van der Waals surface area contributed by atoms with Gasteiger partial charge in [-0.05, 0) is 18.4 Å². The van der Waals surface area contributed by atoms with Crippen LogP contribution in [0.3, 0.4) is 0 Å². The number of carbonyl (C=O) groups excluding carboxylic acids is 1. The topological polar surface area (TPSA) is 119 Å². The van der Waals surface area contributed by atoms with E-state index in [1.54, 1.807) is 19.9 Å². The zero-order valence-electron chi connectivity index (χ0n) is 12.4. The standard InChI is InChI=1S/C14H17N5O3/c1-8(2)12(14(21)22)19-6-4-9(13(19)20)17-10-3-5-16-11(7-15)18-10/h3,5,8-9,12H,4,6H2,1-2H3,(H,21,22)(H,16,17,18). The van der Waals surface area contributed by atoms with Crippen LogP contribution in [0.2, 0.25) is 0 Å². The van der Waals surface area contributed by atoms with Gasteiger partial charge in [0.1, 0.15) is 24.0 Å². The van der Waals surface area contributed by atoms with E-state index in [0.717, 1.165) is 0 Å². The number of carbonyl (C=O) groups is 2. The molecule has 1 aromatic rings. The predicted molar refractivity (Wildman–Crippen MR) is 76.7 cm³/mol. The van der Waals surface area contributed by atoms with Crippen LogP contribution in [0.15, 0.2) is 12.3 Å². The molecule has 2 atom stereocenters. The van der Waals surface area contributed by atoms with Crippen molar-refractivity contribution in [1.82, 2.24) is 14.9 Å². The molecule has 1 saturated heterocycles. The molecule has 2 N–H and O–H groups in total. The molecule has 0 aliphatic carbocycles. The number of hydrogen-bond donors (Lipinski definition) is 2. The molecule has 0 saturated carbocycles. The Morgan fingerprint density at radius 3 is 2.91 bits per heavy atom. The van der Waals surface area contributed by atoms with E-state index in [1.807, 2.05) is 6.07 Å². The molecule has 8 heteroatoms. The Balaban J connectivity index is 2.11. The summed E-state index contributed by atoms with van der Waals surface area (Å²) in [5, 5.41) is 21.0. The normalized spacial score (nSPS) is 19.1. The second-order valence-corrected chi connectivity index (χ2v) is 5.42. The lowest BCUT2D eigenvalue weighted by Crippen LogP contribution is -2.47. The maximum Gasteiger partial charge on any atom is 0.326 e. The van der Waals surface area contributed by atoms with E-state index in [9.17, 15) is 14.7 Å². The van der Waals surface area contributed by atoms with E-state index in [0.29, 0.717) is 18.8 Å². The largest absolute Gasteiger partial charge is 0.480 e. The first-order valence-corrected chi connectivity index (χ1v) is 6.97. The van der Waals surface area contributed by atoms with Gasteiger partial charge in [-0.2, -0.15) is 5.26 Å². The van der Waals surface area contributed by atoms with Crippen molar-refractivity contribution >= 4 is 17.7 Å². The van der Waals surface area contributed by atoms with Gasteiger partial charge >= 0.3 is 5.97 Å². The van der Waals surface area contributed by atoms with Crippen molar-refractivity contribution in [3.8, 4) is 6.07 Å². The third-order valence-corrected chi connectivity index (χ3v) is 3.54. The van der Waals surface area contributed by atoms with Gasteiger partial charge in [-0.1, -0.05) is 13.8 Å². The van der Waals surface area contributed by atoms with E-state index in [2.05, 4.69) is 15.3 Å². The molecular weight excluding hydrogens is 286 g/mol. The van der Waals surface area contributed by atoms with Crippen molar-refractivity contribution in [2.75, 3.05) is 11.9 Å². The summed E-state index contributed by atoms with van der Waals surface area (Å²) in [6.07, 6.45) is 1.92. The third kappa shape index (κ3) is 3.14. The summed E-state index contributed by atoms with van der Waals surface area (Å²) in [5.41, 5.74) is 0. The number of carboxylic acid groups (broad SMARTS) is 1. The molecule has 0 bridgehead atoms. The number of nitrogens with zero attached hydrogens (tertiary/aromatic N) is 4. The number of rotatable bonds is 5. The Labute approximate surface area is 127 Å². The minimum Gasteiger partial charge on any atom is -0.480 e. The summed E-state index contributed by atoms with van der Waals surface area (Å²) in [5.74, 6) is -1.05. The van der Waals surface area contributed by atoms with Gasteiger partial charge in [-0.25, -0.2) is 14.8 Å². The highest BCUT2D eigenvalue weighted by Crippen LogP contribution is 2.22. The smallest absolute Gasteiger partial charge is 0.326 e. The third-order valence-electron chi connectivity index (χ3n) is 3.54. The molecule has 1 amide bonds. The van der Waals surface area contributed by atoms with Crippen molar-refractivity contribution in [3.05, 3.63) is 18.1 Å². The highest BCUT2D eigenvalue weighted by Gasteiger charge is 2.40. The van der Waals surface area contributed by atoms with E-state index in [1.165, 1.54) is 11.1 Å². The molecule has 0 radical (unpaired) electrons. The average Bonchev–Trinajstić information content (AvgIpc) is 2.80. The summed E-state index contributed by atoms with van der Waals surface area (Å²) < 4.78 is 0. The van der Waals surface area contributed by atoms with Crippen LogP contribution in [0, 0.1) is 17.2 Å². The first kappa shape index (κ1) is 15.7. The van der Waals surface area contributed by atoms with Crippen LogP contribution in [0.1, 0.15) is 26.1 Å². The van der Waals surface area contributed by atoms with Crippen LogP contribution >= 0.6 is 0 Å². The van der Waals surface area contributed by atoms with Crippen molar-refractivity contribution < 1.29 is 14.7 Å². The van der Waals surface area contributed by atoms with E-state index >= 15 is 0 Å². The number of nitriles is 1. The molecule has 2 unspecified atom stereocenters. The number of carboxylic acids is 1. The lowest BCUT2D eigenvalue weighted by molar-refractivity contribution is -0.150. The van der Waals surface area contributed by atoms with Gasteiger partial charge in [0.05, 0.1) is 0 Å². The summed E-state index contributed by atoms with van der Waals surface area (Å²) >= 11 is 0. The highest BCUT2D eigenvalue weighted by atomic mass is 16.4. The molecule has 8 nitrogen and oxygen atoms in total. The number of aliphatic carboxylic acids is 1. The van der Waals surface area contributed by atoms with Crippen LogP contribution in [0.25, 0.3) is 0 Å². The maximum atomic E-state index is 12.4. The van der Waals surface area contributed by atoms with E-state index < -0.39 is 18.1 Å². The van der Waals surface area contributed by atoms with Crippen molar-refractivity contribution in [1.29, 1.82) is 5.26 Å². The molecule has 1 aromatic heterocycles. The molecule has 22 heavy (non-hydrogen) atoms. The van der Waals surface area contributed by atoms with Crippen LogP contribution in [-0.4, -0.2) is 50.5 Å². The molecule has 1 aliphatic rings. The first-order chi connectivity index (χ1) is 10.4. The molecule has 0 aromatic carbocycles. The Morgan fingerprint density at radius 2 is 2.32 bits per heavy atom. The van der Waals surface area contributed by atoms with Crippen molar-refractivity contribution in [3.63, 3.8) is 0 Å². The number of anilines is 1. The highest BCUT2D eigenvalue weighted by molar-refractivity contribution is 5.90. The summed E-state index contributed by atoms with van der Waals surface area (Å²) in [7, 11) is 0. The molecule has 1 aliphatic heterocycles. The molecular formula is C14H17N5O3. The number of hydrogen-bond acceptors (Lipinski definition) is 6. The quantitative estimate of drug-likeness (QED) is 0.811. The fourth-order valence-electron chi connectivity index (χ4n) is 2.56. The second-order valence-electron chi connectivity index (χ2n) is 5.42. The van der Waals surface area contributed by atoms with Crippen LogP contribution in [0.5, 0.6) is 0 Å². The van der Waals surface area contributed by atoms with Crippen LogP contribution < -0.4 is 5.32 Å². The minimum absolute atomic E-state index is 0.0119. The SMILES string of the molecule is CC(C)C(C(=O)O)N1CCC(Nc2ccnc(C#N)n2)C1=O. The summed E-state index contributed by atoms with van der Waals surface area (Å²) in [6.45, 7) is 3.93. The van der Waals surface area contributed by atoms with E-state index in [4.69, 9.17) is 5.26 Å². The fraction of sp³-hybridized carbons (Fsp3) is 0.500. The monoisotopic (exact) mass is 303 g/mol. The molecule has 116 valence electrons. The fourth-order valence-corrected chi connectivity index (χ4v) is 2.56. The Bertz CT molecular complexity index is 625. The Morgan fingerprint density at radius 1 is 1.59 bits per heavy atom. The first-order valence-electron chi connectivity index (χ1n) is 6.97. The van der Waals surface area contributed by atoms with Gasteiger partial charge in [-0.15, -0.1) is 0 Å². The molecule has 0 spiro atoms. The van der Waals surface area contributed by atoms with Gasteiger partial charge in [0.25, 0.3) is 0 Å². The van der Waals surface area contributed by atoms with Gasteiger partial charge in [0, 0.05) is 12.7 Å². The Kier molecular flexibility index (Phi) is 4.56. The summed E-state index contributed by atoms with van der Waals surface area (Å²) in [6, 6.07) is 2.01. The average molecular weight is 303 g/mol. The lowest BCUT2D eigenvalue weighted by atomic mass is 10.0. The second kappa shape index (κ2) is 6.39. The van der Waals surface area contributed by atoms with Gasteiger partial charge in [0.2, 0.25) is 11.7 Å². The minimum atomic E-state index is -1.00. The number of nitrogens with one attached hydrogen (secondary N) is 1. The van der Waals surface area contributed by atoms with Gasteiger partial charge < -0.3 is 15.3 Å². The lowest BCUT2D eigenvalue weighted by Gasteiger charge is -2.27. The number of aromatic nitrogens is 2. The molecule has 1 fully saturated rings. The zero-order valence-corrected chi connectivity index (χ0v) is 12.4. The summed E-state index contributed by atoms with van der Waals surface area (Å²) in [4.78, 5) is 32.9. The number of likely N-dealkylation sites (tertiary alicyclic amines) is 1. The molecule has 2 heterocycles. The molecule has 2 rings (SSSR count). The Hall–Kier alpha value is -2.69. The zero-order chi connectivity index (χ0) is 16.3. The predicted octanol–water partition coefficient (Wildman–Crippen LogP) is 0.470. The number of amides is 1. The van der Waals surface area contributed by atoms with E-state index in [-0.39, 0.29) is 17.6 Å².